The molecule has 39 heavy (non-hydrogen) atoms. The number of aliphatic carboxylic acids is 1. The number of nitrogens with two attached hydrogens (primary N) is 2. The molecule has 1 unspecified atom stereocenters. The second-order valence-corrected chi connectivity index (χ2v) is 9.21. The quantitative estimate of drug-likeness (QED) is 0.136. The SMILES string of the molecule is CC(=O)N[C@@H]1[C@@H](OC(C)CN(C(=O)[C@H](C)N)[C@H](CCC(=O)O)C(N)=O)[C@H](OC(C)=O)[C@@H](COC(C)=O)O[C@@H]1O. The van der Waals surface area contributed by atoms with Crippen molar-refractivity contribution in [2.75, 3.05) is 13.2 Å². The summed E-state index contributed by atoms with van der Waals surface area (Å²) in [6, 6.07) is -3.69. The number of nitrogens with one attached hydrogen (secondary N) is 1. The van der Waals surface area contributed by atoms with Gasteiger partial charge in [0, 0.05) is 33.7 Å². The highest BCUT2D eigenvalue weighted by Crippen LogP contribution is 2.27. The lowest BCUT2D eigenvalue weighted by atomic mass is 9.96. The summed E-state index contributed by atoms with van der Waals surface area (Å²) in [7, 11) is 0. The van der Waals surface area contributed by atoms with Crippen molar-refractivity contribution in [3.05, 3.63) is 0 Å². The van der Waals surface area contributed by atoms with Crippen LogP contribution in [0.4, 0.5) is 0 Å². The summed E-state index contributed by atoms with van der Waals surface area (Å²) in [4.78, 5) is 72.3. The van der Waals surface area contributed by atoms with E-state index in [1.54, 1.807) is 0 Å². The second-order valence-electron chi connectivity index (χ2n) is 9.21. The zero-order chi connectivity index (χ0) is 30.0. The molecular weight excluding hydrogens is 524 g/mol. The van der Waals surface area contributed by atoms with Crippen molar-refractivity contribution in [2.45, 2.75) is 96.3 Å². The maximum Gasteiger partial charge on any atom is 0.303 e. The van der Waals surface area contributed by atoms with Crippen LogP contribution in [0.2, 0.25) is 0 Å². The van der Waals surface area contributed by atoms with E-state index in [4.69, 9.17) is 35.5 Å². The molecule has 1 saturated heterocycles. The van der Waals surface area contributed by atoms with Gasteiger partial charge in [0.2, 0.25) is 17.7 Å². The van der Waals surface area contributed by atoms with E-state index in [0.29, 0.717) is 0 Å². The van der Waals surface area contributed by atoms with Gasteiger partial charge in [-0.05, 0) is 20.3 Å². The number of hydrogen-bond acceptors (Lipinski definition) is 12. The molecule has 1 fully saturated rings. The van der Waals surface area contributed by atoms with Crippen LogP contribution in [0.15, 0.2) is 0 Å². The number of carboxylic acid groups (broad SMARTS) is 1. The summed E-state index contributed by atoms with van der Waals surface area (Å²) < 4.78 is 21.9. The summed E-state index contributed by atoms with van der Waals surface area (Å²) in [5, 5.41) is 22.1. The monoisotopic (exact) mass is 562 g/mol. The van der Waals surface area contributed by atoms with Gasteiger partial charge in [0.1, 0.15) is 30.9 Å². The van der Waals surface area contributed by atoms with Crippen LogP contribution in [0.25, 0.3) is 0 Å². The minimum atomic E-state index is -1.69. The van der Waals surface area contributed by atoms with Gasteiger partial charge in [-0.25, -0.2) is 0 Å². The van der Waals surface area contributed by atoms with Crippen LogP contribution in [0.5, 0.6) is 0 Å². The molecule has 0 aromatic heterocycles. The molecule has 7 N–H and O–H groups in total. The van der Waals surface area contributed by atoms with Gasteiger partial charge in [-0.15, -0.1) is 0 Å². The number of carbonyl (C=O) groups is 6. The standard InChI is InChI=1S/C23H38N4O12/c1-10(8-27(22(34)11(2)24)15(21(25)33)6-7-17(31)32)37-20-18(26-12(3)28)23(35)39-16(9-36-13(4)29)19(20)38-14(5)30/h10-11,15-16,18-20,23,35H,6-9,24H2,1-5H3,(H2,25,33)(H,26,28)(H,31,32)/t10?,11-,15+,16+,18+,19+,20+,23-/m0/s1. The van der Waals surface area contributed by atoms with E-state index in [-0.39, 0.29) is 13.0 Å². The average Bonchev–Trinajstić information content (AvgIpc) is 2.79. The average molecular weight is 563 g/mol. The summed E-state index contributed by atoms with van der Waals surface area (Å²) >= 11 is 0. The molecule has 222 valence electrons. The summed E-state index contributed by atoms with van der Waals surface area (Å²) in [6.07, 6.45) is -7.23. The molecule has 0 saturated carbocycles. The highest BCUT2D eigenvalue weighted by molar-refractivity contribution is 5.89. The van der Waals surface area contributed by atoms with Crippen LogP contribution >= 0.6 is 0 Å². The zero-order valence-corrected chi connectivity index (χ0v) is 22.5. The van der Waals surface area contributed by atoms with E-state index in [1.165, 1.54) is 20.8 Å². The number of rotatable bonds is 14. The fraction of sp³-hybridized carbons (Fsp3) is 0.739. The molecule has 0 aromatic rings. The van der Waals surface area contributed by atoms with Crippen molar-refractivity contribution in [2.24, 2.45) is 11.5 Å². The van der Waals surface area contributed by atoms with Gasteiger partial charge in [0.05, 0.1) is 12.1 Å². The van der Waals surface area contributed by atoms with Gasteiger partial charge in [-0.3, -0.25) is 28.8 Å². The molecule has 1 heterocycles. The minimum Gasteiger partial charge on any atom is -0.481 e. The Bertz CT molecular complexity index is 914. The van der Waals surface area contributed by atoms with Crippen LogP contribution in [0.1, 0.15) is 47.5 Å². The third-order valence-electron chi connectivity index (χ3n) is 5.64. The molecule has 0 bridgehead atoms. The van der Waals surface area contributed by atoms with Gasteiger partial charge >= 0.3 is 17.9 Å². The molecule has 0 aromatic carbocycles. The number of nitrogens with zero attached hydrogens (tertiary/aromatic N) is 1. The Balaban J connectivity index is 3.37. The van der Waals surface area contributed by atoms with Crippen LogP contribution < -0.4 is 16.8 Å². The van der Waals surface area contributed by atoms with Gasteiger partial charge in [-0.2, -0.15) is 0 Å². The molecule has 0 spiro atoms. The lowest BCUT2D eigenvalue weighted by Crippen LogP contribution is -2.66. The Labute approximate surface area is 225 Å². The van der Waals surface area contributed by atoms with Crippen LogP contribution in [-0.4, -0.2) is 113 Å². The predicted molar refractivity (Wildman–Crippen MR) is 130 cm³/mol. The largest absolute Gasteiger partial charge is 0.481 e. The number of primary amides is 1. The molecule has 1 aliphatic rings. The third-order valence-corrected chi connectivity index (χ3v) is 5.64. The Kier molecular flexibility index (Phi) is 13.2. The third kappa shape index (κ3) is 10.7. The lowest BCUT2D eigenvalue weighted by Gasteiger charge is -2.45. The molecule has 1 rings (SSSR count). The number of esters is 2. The van der Waals surface area contributed by atoms with E-state index in [1.807, 2.05) is 0 Å². The highest BCUT2D eigenvalue weighted by atomic mass is 16.7. The Hall–Kier alpha value is -3.34. The number of carboxylic acids is 1. The fourth-order valence-electron chi connectivity index (χ4n) is 4.07. The van der Waals surface area contributed by atoms with Crippen molar-refractivity contribution in [3.8, 4) is 0 Å². The van der Waals surface area contributed by atoms with E-state index < -0.39 is 97.5 Å². The van der Waals surface area contributed by atoms with Gasteiger partial charge in [-0.1, -0.05) is 0 Å². The van der Waals surface area contributed by atoms with Crippen molar-refractivity contribution < 1.29 is 57.9 Å². The first-order valence-corrected chi connectivity index (χ1v) is 12.2. The molecule has 0 aliphatic carbocycles. The van der Waals surface area contributed by atoms with Gasteiger partial charge in [0.25, 0.3) is 0 Å². The van der Waals surface area contributed by atoms with Crippen LogP contribution in [0.3, 0.4) is 0 Å². The number of carbonyl (C=O) groups excluding carboxylic acids is 5. The smallest absolute Gasteiger partial charge is 0.303 e. The van der Waals surface area contributed by atoms with E-state index >= 15 is 0 Å². The van der Waals surface area contributed by atoms with Gasteiger partial charge in [0.15, 0.2) is 12.4 Å². The van der Waals surface area contributed by atoms with Crippen LogP contribution in [-0.2, 0) is 47.7 Å². The van der Waals surface area contributed by atoms with E-state index in [9.17, 15) is 33.9 Å². The first-order valence-electron chi connectivity index (χ1n) is 12.2. The second kappa shape index (κ2) is 15.3. The Morgan fingerprint density at radius 1 is 1.05 bits per heavy atom. The molecular formula is C23H38N4O12. The lowest BCUT2D eigenvalue weighted by molar-refractivity contribution is -0.273. The number of aliphatic hydroxyl groups is 1. The van der Waals surface area contributed by atoms with Crippen molar-refractivity contribution in [1.82, 2.24) is 10.2 Å². The van der Waals surface area contributed by atoms with E-state index in [2.05, 4.69) is 5.32 Å². The maximum absolute atomic E-state index is 12.9. The van der Waals surface area contributed by atoms with Gasteiger partial charge < -0.3 is 50.8 Å². The van der Waals surface area contributed by atoms with E-state index in [0.717, 1.165) is 18.7 Å². The van der Waals surface area contributed by atoms with Crippen molar-refractivity contribution in [3.63, 3.8) is 0 Å². The summed E-state index contributed by atoms with van der Waals surface area (Å²) in [5.74, 6) is -4.92. The molecule has 0 radical (unpaired) electrons. The molecule has 16 nitrogen and oxygen atoms in total. The molecule has 3 amide bonds. The first kappa shape index (κ1) is 33.7. The molecule has 8 atom stereocenters. The fourth-order valence-corrected chi connectivity index (χ4v) is 4.07. The number of amides is 3. The zero-order valence-electron chi connectivity index (χ0n) is 22.5. The first-order chi connectivity index (χ1) is 18.0. The number of hydrogen-bond donors (Lipinski definition) is 5. The highest BCUT2D eigenvalue weighted by Gasteiger charge is 2.50. The normalized spacial score (nSPS) is 24.9. The Morgan fingerprint density at radius 2 is 1.67 bits per heavy atom. The summed E-state index contributed by atoms with van der Waals surface area (Å²) in [6.45, 7) is 5.50. The number of aliphatic hydroxyl groups excluding tert-OH is 1. The topological polar surface area (TPSA) is 247 Å². The van der Waals surface area contributed by atoms with Crippen molar-refractivity contribution >= 4 is 35.6 Å². The molecule has 1 aliphatic heterocycles. The predicted octanol–water partition coefficient (Wildman–Crippen LogP) is -2.63. The van der Waals surface area contributed by atoms with Crippen molar-refractivity contribution in [1.29, 1.82) is 0 Å². The minimum absolute atomic E-state index is 0.291. The molecule has 16 heteroatoms. The maximum atomic E-state index is 12.9. The number of ether oxygens (including phenoxy) is 4. The Morgan fingerprint density at radius 3 is 2.13 bits per heavy atom. The summed E-state index contributed by atoms with van der Waals surface area (Å²) in [5.41, 5.74) is 11.2. The van der Waals surface area contributed by atoms with Crippen LogP contribution in [0, 0.1) is 0 Å².